The van der Waals surface area contributed by atoms with Crippen LogP contribution in [0.2, 0.25) is 5.02 Å². The Hall–Kier alpha value is -2.57. The number of aromatic amines is 1. The zero-order valence-electron chi connectivity index (χ0n) is 14.1. The van der Waals surface area contributed by atoms with Crippen molar-refractivity contribution in [3.8, 4) is 11.4 Å². The molecule has 1 aromatic heterocycles. The molecule has 0 saturated carbocycles. The summed E-state index contributed by atoms with van der Waals surface area (Å²) in [6.07, 6.45) is 0. The molecule has 1 heterocycles. The summed E-state index contributed by atoms with van der Waals surface area (Å²) in [6, 6.07) is 14.2. The number of benzene rings is 2. The van der Waals surface area contributed by atoms with E-state index in [4.69, 9.17) is 11.6 Å². The van der Waals surface area contributed by atoms with E-state index in [0.29, 0.717) is 27.3 Å². The van der Waals surface area contributed by atoms with E-state index in [1.165, 1.54) is 11.8 Å². The molecular formula is C19H17ClN4OS. The van der Waals surface area contributed by atoms with Crippen molar-refractivity contribution < 1.29 is 4.79 Å². The summed E-state index contributed by atoms with van der Waals surface area (Å²) < 4.78 is 0. The molecule has 2 N–H and O–H groups in total. The van der Waals surface area contributed by atoms with Gasteiger partial charge in [-0.05, 0) is 37.3 Å². The van der Waals surface area contributed by atoms with E-state index in [0.717, 1.165) is 16.9 Å². The van der Waals surface area contributed by atoms with Crippen LogP contribution in [0, 0.1) is 0 Å². The summed E-state index contributed by atoms with van der Waals surface area (Å²) >= 11 is 7.46. The maximum absolute atomic E-state index is 12.5. The summed E-state index contributed by atoms with van der Waals surface area (Å²) in [6.45, 7) is 5.83. The molecule has 132 valence electrons. The number of amides is 1. The number of anilines is 1. The van der Waals surface area contributed by atoms with Crippen molar-refractivity contribution in [1.29, 1.82) is 0 Å². The fourth-order valence-electron chi connectivity index (χ4n) is 2.21. The molecule has 0 spiro atoms. The van der Waals surface area contributed by atoms with Crippen LogP contribution >= 0.6 is 23.4 Å². The Kier molecular flexibility index (Phi) is 5.75. The van der Waals surface area contributed by atoms with Crippen molar-refractivity contribution in [2.75, 3.05) is 11.1 Å². The Bertz CT molecular complexity index is 954. The number of rotatable bonds is 6. The minimum absolute atomic E-state index is 0.217. The number of carbonyl (C=O) groups excluding carboxylic acids is 1. The van der Waals surface area contributed by atoms with E-state index in [-0.39, 0.29) is 5.91 Å². The number of nitrogens with zero attached hydrogens (tertiary/aromatic N) is 2. The zero-order chi connectivity index (χ0) is 18.5. The third-order valence-corrected chi connectivity index (χ3v) is 4.71. The first-order valence-electron chi connectivity index (χ1n) is 7.88. The smallest absolute Gasteiger partial charge is 0.255 e. The predicted octanol–water partition coefficient (Wildman–Crippen LogP) is 5.05. The van der Waals surface area contributed by atoms with Gasteiger partial charge in [-0.3, -0.25) is 9.89 Å². The van der Waals surface area contributed by atoms with Gasteiger partial charge in [0.2, 0.25) is 5.16 Å². The standard InChI is InChI=1S/C19H17ClN4OS/c1-12(2)11-26-19-22-17(23-24-19)13-5-3-6-14(9-13)18(25)21-16-8-4-7-15(20)10-16/h3-10H,1,11H2,2H3,(H,21,25)(H,22,23,24). The Labute approximate surface area is 160 Å². The third-order valence-electron chi connectivity index (χ3n) is 3.39. The quantitative estimate of drug-likeness (QED) is 0.461. The summed E-state index contributed by atoms with van der Waals surface area (Å²) in [5, 5.41) is 11.1. The summed E-state index contributed by atoms with van der Waals surface area (Å²) in [5.74, 6) is 1.16. The second-order valence-electron chi connectivity index (χ2n) is 5.76. The highest BCUT2D eigenvalue weighted by Crippen LogP contribution is 2.22. The molecule has 7 heteroatoms. The normalized spacial score (nSPS) is 10.5. The van der Waals surface area contributed by atoms with Gasteiger partial charge in [0.15, 0.2) is 5.82 Å². The number of carbonyl (C=O) groups is 1. The van der Waals surface area contributed by atoms with Gasteiger partial charge in [-0.15, -0.1) is 5.10 Å². The van der Waals surface area contributed by atoms with Crippen molar-refractivity contribution in [2.24, 2.45) is 0 Å². The van der Waals surface area contributed by atoms with E-state index in [1.807, 2.05) is 19.1 Å². The van der Waals surface area contributed by atoms with E-state index in [2.05, 4.69) is 27.1 Å². The van der Waals surface area contributed by atoms with E-state index >= 15 is 0 Å². The van der Waals surface area contributed by atoms with Crippen molar-refractivity contribution in [3.05, 3.63) is 71.3 Å². The molecule has 0 atom stereocenters. The number of hydrogen-bond donors (Lipinski definition) is 2. The number of thioether (sulfide) groups is 1. The first-order chi connectivity index (χ1) is 12.5. The summed E-state index contributed by atoms with van der Waals surface area (Å²) in [4.78, 5) is 16.9. The van der Waals surface area contributed by atoms with Crippen LogP contribution in [0.5, 0.6) is 0 Å². The monoisotopic (exact) mass is 384 g/mol. The molecule has 5 nitrogen and oxygen atoms in total. The largest absolute Gasteiger partial charge is 0.322 e. The Balaban J connectivity index is 1.75. The van der Waals surface area contributed by atoms with Gasteiger partial charge in [0.1, 0.15) is 0 Å². The molecular weight excluding hydrogens is 368 g/mol. The third kappa shape index (κ3) is 4.74. The lowest BCUT2D eigenvalue weighted by atomic mass is 10.1. The Morgan fingerprint density at radius 1 is 1.27 bits per heavy atom. The van der Waals surface area contributed by atoms with Crippen molar-refractivity contribution in [1.82, 2.24) is 15.2 Å². The molecule has 0 fully saturated rings. The van der Waals surface area contributed by atoms with Crippen LogP contribution in [0.3, 0.4) is 0 Å². The molecule has 0 aliphatic carbocycles. The second-order valence-corrected chi connectivity index (χ2v) is 7.14. The van der Waals surface area contributed by atoms with Crippen molar-refractivity contribution in [3.63, 3.8) is 0 Å². The molecule has 1 amide bonds. The van der Waals surface area contributed by atoms with E-state index in [1.54, 1.807) is 36.4 Å². The topological polar surface area (TPSA) is 70.7 Å². The average Bonchev–Trinajstić information content (AvgIpc) is 3.09. The van der Waals surface area contributed by atoms with Crippen LogP contribution in [0.15, 0.2) is 65.8 Å². The fraction of sp³-hybridized carbons (Fsp3) is 0.105. The van der Waals surface area contributed by atoms with Gasteiger partial charge in [0.05, 0.1) is 0 Å². The number of aromatic nitrogens is 3. The van der Waals surface area contributed by atoms with Gasteiger partial charge in [0.25, 0.3) is 5.91 Å². The lowest BCUT2D eigenvalue weighted by Crippen LogP contribution is -2.11. The molecule has 0 aliphatic rings. The van der Waals surface area contributed by atoms with Gasteiger partial charge >= 0.3 is 0 Å². The van der Waals surface area contributed by atoms with Crippen molar-refractivity contribution >= 4 is 35.0 Å². The van der Waals surface area contributed by atoms with Crippen molar-refractivity contribution in [2.45, 2.75) is 12.1 Å². The number of halogens is 1. The van der Waals surface area contributed by atoms with Crippen LogP contribution in [0.1, 0.15) is 17.3 Å². The zero-order valence-corrected chi connectivity index (χ0v) is 15.7. The molecule has 0 bridgehead atoms. The molecule has 2 aromatic carbocycles. The number of nitrogens with one attached hydrogen (secondary N) is 2. The SMILES string of the molecule is C=C(C)CSc1n[nH]c(-c2cccc(C(=O)Nc3cccc(Cl)c3)c2)n1. The summed E-state index contributed by atoms with van der Waals surface area (Å²) in [7, 11) is 0. The Morgan fingerprint density at radius 3 is 2.85 bits per heavy atom. The maximum Gasteiger partial charge on any atom is 0.255 e. The van der Waals surface area contributed by atoms with E-state index in [9.17, 15) is 4.79 Å². The molecule has 3 aromatic rings. The molecule has 0 saturated heterocycles. The molecule has 3 rings (SSSR count). The minimum Gasteiger partial charge on any atom is -0.322 e. The minimum atomic E-state index is -0.217. The van der Waals surface area contributed by atoms with Gasteiger partial charge in [-0.2, -0.15) is 0 Å². The maximum atomic E-state index is 12.5. The first kappa shape index (κ1) is 18.2. The highest BCUT2D eigenvalue weighted by Gasteiger charge is 2.11. The fourth-order valence-corrected chi connectivity index (χ4v) is 3.04. The van der Waals surface area contributed by atoms with Crippen LogP contribution in [-0.4, -0.2) is 26.8 Å². The predicted molar refractivity (Wildman–Crippen MR) is 107 cm³/mol. The van der Waals surface area contributed by atoms with Crippen LogP contribution in [-0.2, 0) is 0 Å². The first-order valence-corrected chi connectivity index (χ1v) is 9.24. The lowest BCUT2D eigenvalue weighted by Gasteiger charge is -2.06. The number of H-pyrrole nitrogens is 1. The van der Waals surface area contributed by atoms with Gasteiger partial charge in [0, 0.05) is 27.6 Å². The highest BCUT2D eigenvalue weighted by molar-refractivity contribution is 7.99. The van der Waals surface area contributed by atoms with Gasteiger partial charge < -0.3 is 5.32 Å². The molecule has 0 aliphatic heterocycles. The lowest BCUT2D eigenvalue weighted by molar-refractivity contribution is 0.102. The molecule has 0 unspecified atom stereocenters. The van der Waals surface area contributed by atoms with Crippen LogP contribution in [0.4, 0.5) is 5.69 Å². The van der Waals surface area contributed by atoms with Gasteiger partial charge in [-0.25, -0.2) is 4.98 Å². The number of hydrogen-bond acceptors (Lipinski definition) is 4. The average molecular weight is 385 g/mol. The van der Waals surface area contributed by atoms with E-state index < -0.39 is 0 Å². The molecule has 26 heavy (non-hydrogen) atoms. The summed E-state index contributed by atoms with van der Waals surface area (Å²) in [5.41, 5.74) is 3.01. The molecule has 0 radical (unpaired) electrons. The second kappa shape index (κ2) is 8.21. The van der Waals surface area contributed by atoms with Crippen LogP contribution in [0.25, 0.3) is 11.4 Å². The van der Waals surface area contributed by atoms with Crippen LogP contribution < -0.4 is 5.32 Å². The highest BCUT2D eigenvalue weighted by atomic mass is 35.5. The van der Waals surface area contributed by atoms with Gasteiger partial charge in [-0.1, -0.05) is 53.7 Å². The Morgan fingerprint density at radius 2 is 2.08 bits per heavy atom.